The van der Waals surface area contributed by atoms with Crippen LogP contribution >= 0.6 is 0 Å². The quantitative estimate of drug-likeness (QED) is 0.177. The minimum absolute atomic E-state index is 0.0190. The molecular formula is C43H71NO8. The van der Waals surface area contributed by atoms with Gasteiger partial charge in [-0.25, -0.2) is 0 Å². The number of allylic oxidation sites excluding steroid dienone is 1. The molecule has 9 atom stereocenters. The molecule has 4 fully saturated rings. The van der Waals surface area contributed by atoms with E-state index >= 15 is 0 Å². The zero-order chi connectivity index (χ0) is 38.7. The Bertz CT molecular complexity index is 1390. The lowest BCUT2D eigenvalue weighted by Crippen LogP contribution is -2.66. The van der Waals surface area contributed by atoms with Crippen LogP contribution in [0.4, 0.5) is 0 Å². The maximum atomic E-state index is 14.1. The molecule has 296 valence electrons. The highest BCUT2D eigenvalue weighted by atomic mass is 16.5. The molecule has 5 aliphatic rings. The molecule has 0 spiro atoms. The maximum Gasteiger partial charge on any atom is 0.309 e. The van der Waals surface area contributed by atoms with Crippen molar-refractivity contribution < 1.29 is 38.8 Å². The molecule has 5 rings (SSSR count). The molecule has 0 heterocycles. The van der Waals surface area contributed by atoms with Crippen LogP contribution in [0.15, 0.2) is 11.1 Å². The van der Waals surface area contributed by atoms with Crippen molar-refractivity contribution in [2.24, 2.45) is 56.2 Å². The van der Waals surface area contributed by atoms with Crippen molar-refractivity contribution in [1.82, 2.24) is 4.90 Å². The number of rotatable bonds is 14. The molecule has 5 aliphatic carbocycles. The van der Waals surface area contributed by atoms with Crippen molar-refractivity contribution in [3.05, 3.63) is 11.1 Å². The molecule has 0 aromatic carbocycles. The van der Waals surface area contributed by atoms with E-state index in [2.05, 4.69) is 53.4 Å². The third-order valence-electron chi connectivity index (χ3n) is 16.2. The van der Waals surface area contributed by atoms with Gasteiger partial charge in [0.25, 0.3) is 0 Å². The second kappa shape index (κ2) is 14.7. The van der Waals surface area contributed by atoms with Gasteiger partial charge in [-0.3, -0.25) is 19.3 Å². The van der Waals surface area contributed by atoms with Crippen LogP contribution in [0.3, 0.4) is 0 Å². The molecule has 2 N–H and O–H groups in total. The SMILES string of the molecule is COCCN(CCOC)C[C@@H](O)[C@@]12CC[C@]3(C)[C@H](CC[C@@H]4[C@@]5(C)CCC(OC(=O)CC(C)(C)C(=O)O)C(C)(C)[C@@H]5CC[C@]43C)C1=C(C(C)C)C(=O)C2. The fourth-order valence-corrected chi connectivity index (χ4v) is 13.1. The van der Waals surface area contributed by atoms with E-state index in [-0.39, 0.29) is 51.8 Å². The number of carboxylic acid groups (broad SMARTS) is 1. The summed E-state index contributed by atoms with van der Waals surface area (Å²) in [6.45, 7) is 22.7. The monoisotopic (exact) mass is 730 g/mol. The molecule has 0 aliphatic heterocycles. The number of ether oxygens (including phenoxy) is 3. The van der Waals surface area contributed by atoms with Gasteiger partial charge in [0.15, 0.2) is 5.78 Å². The summed E-state index contributed by atoms with van der Waals surface area (Å²) in [7, 11) is 3.41. The zero-order valence-corrected chi connectivity index (χ0v) is 34.4. The highest BCUT2D eigenvalue weighted by Gasteiger charge is 2.70. The van der Waals surface area contributed by atoms with Crippen LogP contribution in [0.5, 0.6) is 0 Å². The van der Waals surface area contributed by atoms with E-state index in [0.717, 1.165) is 56.9 Å². The summed E-state index contributed by atoms with van der Waals surface area (Å²) in [5.74, 6) is 0.0264. The van der Waals surface area contributed by atoms with E-state index in [1.54, 1.807) is 28.1 Å². The average molecular weight is 730 g/mol. The maximum absolute atomic E-state index is 14.1. The summed E-state index contributed by atoms with van der Waals surface area (Å²) in [6, 6.07) is 0. The lowest BCUT2D eigenvalue weighted by molar-refractivity contribution is -0.235. The number of carbonyl (C=O) groups excluding carboxylic acids is 2. The third kappa shape index (κ3) is 6.63. The number of hydrogen-bond acceptors (Lipinski definition) is 8. The zero-order valence-electron chi connectivity index (χ0n) is 34.4. The summed E-state index contributed by atoms with van der Waals surface area (Å²) in [4.78, 5) is 41.2. The topological polar surface area (TPSA) is 123 Å². The van der Waals surface area contributed by atoms with Crippen LogP contribution in [0.1, 0.15) is 127 Å². The first-order valence-corrected chi connectivity index (χ1v) is 20.2. The summed E-state index contributed by atoms with van der Waals surface area (Å²) >= 11 is 0. The number of ketones is 1. The van der Waals surface area contributed by atoms with Crippen molar-refractivity contribution in [2.45, 2.75) is 139 Å². The summed E-state index contributed by atoms with van der Waals surface area (Å²) in [5.41, 5.74) is 0.423. The molecule has 0 radical (unpaired) electrons. The van der Waals surface area contributed by atoms with E-state index in [9.17, 15) is 24.6 Å². The van der Waals surface area contributed by atoms with Gasteiger partial charge in [-0.1, -0.05) is 54.0 Å². The molecule has 0 bridgehead atoms. The molecule has 9 nitrogen and oxygen atoms in total. The van der Waals surface area contributed by atoms with Crippen molar-refractivity contribution in [1.29, 1.82) is 0 Å². The first-order chi connectivity index (χ1) is 24.2. The van der Waals surface area contributed by atoms with Crippen molar-refractivity contribution >= 4 is 17.7 Å². The first-order valence-electron chi connectivity index (χ1n) is 20.2. The van der Waals surface area contributed by atoms with Crippen molar-refractivity contribution in [2.75, 3.05) is 47.1 Å². The van der Waals surface area contributed by atoms with Crippen LogP contribution in [-0.2, 0) is 28.6 Å². The largest absolute Gasteiger partial charge is 0.481 e. The third-order valence-corrected chi connectivity index (χ3v) is 16.2. The Labute approximate surface area is 314 Å². The Kier molecular flexibility index (Phi) is 11.7. The predicted octanol–water partition coefficient (Wildman–Crippen LogP) is 7.34. The Morgan fingerprint density at radius 2 is 1.52 bits per heavy atom. The highest BCUT2D eigenvalue weighted by Crippen LogP contribution is 2.77. The lowest BCUT2D eigenvalue weighted by atomic mass is 9.33. The van der Waals surface area contributed by atoms with Crippen LogP contribution < -0.4 is 0 Å². The lowest BCUT2D eigenvalue weighted by Gasteiger charge is -2.72. The number of esters is 1. The molecular weight excluding hydrogens is 658 g/mol. The van der Waals surface area contributed by atoms with Gasteiger partial charge in [0.05, 0.1) is 31.2 Å². The van der Waals surface area contributed by atoms with Gasteiger partial charge in [-0.15, -0.1) is 0 Å². The molecule has 52 heavy (non-hydrogen) atoms. The summed E-state index contributed by atoms with van der Waals surface area (Å²) in [5, 5.41) is 22.0. The Balaban J connectivity index is 1.44. The number of carbonyl (C=O) groups is 3. The number of fused-ring (bicyclic) bond motifs is 7. The molecule has 0 saturated heterocycles. The minimum atomic E-state index is -1.17. The van der Waals surface area contributed by atoms with Crippen LogP contribution in [0.2, 0.25) is 0 Å². The van der Waals surface area contributed by atoms with E-state index in [1.807, 2.05) is 0 Å². The van der Waals surface area contributed by atoms with Gasteiger partial charge in [0, 0.05) is 51.1 Å². The molecule has 1 unspecified atom stereocenters. The van der Waals surface area contributed by atoms with Crippen LogP contribution in [0.25, 0.3) is 0 Å². The number of aliphatic hydroxyl groups excluding tert-OH is 1. The molecule has 0 amide bonds. The molecule has 4 saturated carbocycles. The summed E-state index contributed by atoms with van der Waals surface area (Å²) in [6.07, 6.45) is 7.16. The summed E-state index contributed by atoms with van der Waals surface area (Å²) < 4.78 is 17.0. The van der Waals surface area contributed by atoms with E-state index < -0.39 is 28.9 Å². The van der Waals surface area contributed by atoms with Gasteiger partial charge in [-0.05, 0) is 111 Å². The number of nitrogens with zero attached hydrogens (tertiary/aromatic N) is 1. The predicted molar refractivity (Wildman–Crippen MR) is 202 cm³/mol. The Morgan fingerprint density at radius 3 is 2.10 bits per heavy atom. The second-order valence-corrected chi connectivity index (χ2v) is 19.9. The van der Waals surface area contributed by atoms with Gasteiger partial charge >= 0.3 is 11.9 Å². The Morgan fingerprint density at radius 1 is 0.885 bits per heavy atom. The highest BCUT2D eigenvalue weighted by molar-refractivity contribution is 6.00. The van der Waals surface area contributed by atoms with Crippen LogP contribution in [-0.4, -0.2) is 92.1 Å². The molecule has 0 aromatic rings. The fourth-order valence-electron chi connectivity index (χ4n) is 13.1. The number of aliphatic hydroxyl groups is 1. The minimum Gasteiger partial charge on any atom is -0.481 e. The van der Waals surface area contributed by atoms with E-state index in [0.29, 0.717) is 51.1 Å². The Hall–Kier alpha value is -1.81. The van der Waals surface area contributed by atoms with Crippen molar-refractivity contribution in [3.63, 3.8) is 0 Å². The number of hydrogen-bond donors (Lipinski definition) is 2. The average Bonchev–Trinajstić information content (AvgIpc) is 3.37. The van der Waals surface area contributed by atoms with Crippen molar-refractivity contribution in [3.8, 4) is 0 Å². The fraction of sp³-hybridized carbons (Fsp3) is 0.884. The van der Waals surface area contributed by atoms with Gasteiger partial charge in [0.2, 0.25) is 0 Å². The van der Waals surface area contributed by atoms with Gasteiger partial charge in [0.1, 0.15) is 6.10 Å². The molecule has 0 aromatic heterocycles. The number of Topliss-reactive ketones (excluding diaryl/α,β-unsaturated/α-hetero) is 1. The normalized spacial score (nSPS) is 37.7. The number of methoxy groups -OCH3 is 2. The molecule has 9 heteroatoms. The van der Waals surface area contributed by atoms with Gasteiger partial charge in [-0.2, -0.15) is 0 Å². The van der Waals surface area contributed by atoms with Gasteiger partial charge < -0.3 is 24.4 Å². The number of carboxylic acids is 1. The van der Waals surface area contributed by atoms with E-state index in [4.69, 9.17) is 14.2 Å². The standard InChI is InChI=1S/C43H71NO8/c1-27(2)35-29(45)24-43(32(46)26-44(20-22-50-10)21-23-51-11)19-18-41(8)28(36(35)43)12-13-31-40(7)16-15-33(52-34(47)25-38(3,4)37(48)49)39(5,6)30(40)14-17-42(31,41)9/h27-28,30-33,46H,12-26H2,1-11H3,(H,48,49)/t28-,30+,31-,32-,33?,40+,41-,42-,43+/m1/s1. The van der Waals surface area contributed by atoms with Crippen LogP contribution in [0, 0.1) is 56.2 Å². The smallest absolute Gasteiger partial charge is 0.309 e. The second-order valence-electron chi connectivity index (χ2n) is 19.9. The first kappa shape index (κ1) is 41.4. The van der Waals surface area contributed by atoms with E-state index in [1.165, 1.54) is 5.57 Å². The number of aliphatic carboxylic acids is 1.